The van der Waals surface area contributed by atoms with Crippen molar-refractivity contribution >= 4 is 17.2 Å². The van der Waals surface area contributed by atoms with Crippen LogP contribution in [0.15, 0.2) is 22.0 Å². The zero-order chi connectivity index (χ0) is 13.9. The molecule has 0 saturated heterocycles. The maximum atomic E-state index is 12.1. The molecule has 3 heterocycles. The molecular weight excluding hydrogens is 274 g/mol. The monoisotopic (exact) mass is 291 g/mol. The zero-order valence-electron chi connectivity index (χ0n) is 11.4. The lowest BCUT2D eigenvalue weighted by atomic mass is 10.1. The molecule has 0 unspecified atom stereocenters. The summed E-state index contributed by atoms with van der Waals surface area (Å²) in [6, 6.07) is 3.99. The summed E-state index contributed by atoms with van der Waals surface area (Å²) in [7, 11) is 0. The maximum absolute atomic E-state index is 12.1. The Morgan fingerprint density at radius 2 is 2.50 bits per heavy atom. The average molecular weight is 291 g/mol. The average Bonchev–Trinajstić information content (AvgIpc) is 3.06. The van der Waals surface area contributed by atoms with E-state index < -0.39 is 0 Å². The molecule has 0 fully saturated rings. The number of fused-ring (bicyclic) bond motifs is 1. The van der Waals surface area contributed by atoms with E-state index in [1.54, 1.807) is 11.3 Å². The minimum Gasteiger partial charge on any atom is -0.360 e. The highest BCUT2D eigenvalue weighted by Crippen LogP contribution is 2.23. The Kier molecular flexibility index (Phi) is 3.84. The minimum atomic E-state index is 0.137. The molecule has 20 heavy (non-hydrogen) atoms. The van der Waals surface area contributed by atoms with Crippen LogP contribution < -0.4 is 5.32 Å². The fourth-order valence-corrected chi connectivity index (χ4v) is 3.26. The molecular formula is C14H17N3O2S. The van der Waals surface area contributed by atoms with Crippen molar-refractivity contribution in [1.29, 1.82) is 0 Å². The van der Waals surface area contributed by atoms with Crippen molar-refractivity contribution in [3.8, 4) is 0 Å². The number of hydrogen-bond acceptors (Lipinski definition) is 5. The first-order valence-corrected chi connectivity index (χ1v) is 7.56. The maximum Gasteiger partial charge on any atom is 0.236 e. The molecule has 0 aromatic carbocycles. The molecule has 3 rings (SSSR count). The highest BCUT2D eigenvalue weighted by Gasteiger charge is 2.20. The third kappa shape index (κ3) is 2.91. The first-order valence-electron chi connectivity index (χ1n) is 6.68. The van der Waals surface area contributed by atoms with Gasteiger partial charge in [0.15, 0.2) is 5.76 Å². The lowest BCUT2D eigenvalue weighted by molar-refractivity contribution is -0.131. The quantitative estimate of drug-likeness (QED) is 0.932. The van der Waals surface area contributed by atoms with Crippen LogP contribution in [-0.2, 0) is 24.3 Å². The third-order valence-electron chi connectivity index (χ3n) is 3.41. The molecule has 1 N–H and O–H groups in total. The Balaban J connectivity index is 1.48. The molecule has 0 spiro atoms. The van der Waals surface area contributed by atoms with Crippen molar-refractivity contribution in [2.75, 3.05) is 13.1 Å². The number of carbonyl (C=O) groups is 1. The van der Waals surface area contributed by atoms with Crippen molar-refractivity contribution in [2.24, 2.45) is 0 Å². The Hall–Kier alpha value is -1.66. The van der Waals surface area contributed by atoms with Gasteiger partial charge in [0, 0.05) is 24.0 Å². The number of nitrogens with zero attached hydrogens (tertiary/aromatic N) is 2. The molecule has 0 aliphatic carbocycles. The molecule has 0 atom stereocenters. The highest BCUT2D eigenvalue weighted by atomic mass is 32.1. The third-order valence-corrected chi connectivity index (χ3v) is 4.44. The number of amides is 1. The molecule has 1 aliphatic rings. The van der Waals surface area contributed by atoms with Gasteiger partial charge in [0.25, 0.3) is 0 Å². The van der Waals surface area contributed by atoms with E-state index in [1.165, 1.54) is 10.4 Å². The Morgan fingerprint density at radius 1 is 1.60 bits per heavy atom. The molecule has 6 heteroatoms. The Labute approximate surface area is 121 Å². The second-order valence-electron chi connectivity index (χ2n) is 4.97. The number of thiophene rings is 1. The Bertz CT molecular complexity index is 605. The van der Waals surface area contributed by atoms with E-state index in [0.717, 1.165) is 31.0 Å². The molecule has 2 aromatic heterocycles. The molecule has 5 nitrogen and oxygen atoms in total. The highest BCUT2D eigenvalue weighted by molar-refractivity contribution is 7.10. The predicted molar refractivity (Wildman–Crippen MR) is 76.4 cm³/mol. The number of rotatable bonds is 4. The summed E-state index contributed by atoms with van der Waals surface area (Å²) in [6.45, 7) is 4.30. The topological polar surface area (TPSA) is 58.4 Å². The van der Waals surface area contributed by atoms with Crippen molar-refractivity contribution in [2.45, 2.75) is 26.4 Å². The normalized spacial score (nSPS) is 14.3. The summed E-state index contributed by atoms with van der Waals surface area (Å²) in [5.74, 6) is 0.896. The number of aromatic nitrogens is 1. The summed E-state index contributed by atoms with van der Waals surface area (Å²) in [5.41, 5.74) is 2.15. The summed E-state index contributed by atoms with van der Waals surface area (Å²) < 4.78 is 5.09. The van der Waals surface area contributed by atoms with Crippen LogP contribution in [0.5, 0.6) is 0 Å². The van der Waals surface area contributed by atoms with Gasteiger partial charge in [-0.1, -0.05) is 5.16 Å². The SMILES string of the molecule is Cc1cc(CNCC(=O)N2CCc3sccc3C2)on1. The largest absolute Gasteiger partial charge is 0.360 e. The van der Waals surface area contributed by atoms with Crippen LogP contribution in [-0.4, -0.2) is 29.1 Å². The van der Waals surface area contributed by atoms with Crippen LogP contribution in [0.25, 0.3) is 0 Å². The standard InChI is InChI=1S/C14H17N3O2S/c1-10-6-12(19-16-10)7-15-8-14(18)17-4-2-13-11(9-17)3-5-20-13/h3,5-6,15H,2,4,7-9H2,1H3. The van der Waals surface area contributed by atoms with Gasteiger partial charge in [0.2, 0.25) is 5.91 Å². The number of nitrogens with one attached hydrogen (secondary N) is 1. The van der Waals surface area contributed by atoms with Crippen LogP contribution in [0.1, 0.15) is 21.9 Å². The van der Waals surface area contributed by atoms with Crippen LogP contribution >= 0.6 is 11.3 Å². The van der Waals surface area contributed by atoms with Gasteiger partial charge in [-0.05, 0) is 30.4 Å². The van der Waals surface area contributed by atoms with Gasteiger partial charge in [-0.2, -0.15) is 0 Å². The van der Waals surface area contributed by atoms with Gasteiger partial charge in [0.05, 0.1) is 18.8 Å². The summed E-state index contributed by atoms with van der Waals surface area (Å²) in [5, 5.41) is 9.02. The van der Waals surface area contributed by atoms with Crippen LogP contribution in [0.2, 0.25) is 0 Å². The molecule has 106 valence electrons. The van der Waals surface area contributed by atoms with Gasteiger partial charge >= 0.3 is 0 Å². The molecule has 1 amide bonds. The number of carbonyl (C=O) groups excluding carboxylic acids is 1. The van der Waals surface area contributed by atoms with E-state index in [0.29, 0.717) is 13.1 Å². The van der Waals surface area contributed by atoms with E-state index in [2.05, 4.69) is 21.9 Å². The van der Waals surface area contributed by atoms with E-state index in [1.807, 2.05) is 17.9 Å². The molecule has 0 saturated carbocycles. The summed E-state index contributed by atoms with van der Waals surface area (Å²) >= 11 is 1.78. The predicted octanol–water partition coefficient (Wildman–Crippen LogP) is 1.72. The Morgan fingerprint density at radius 3 is 3.30 bits per heavy atom. The summed E-state index contributed by atoms with van der Waals surface area (Å²) in [6.07, 6.45) is 0.972. The fraction of sp³-hybridized carbons (Fsp3) is 0.429. The molecule has 2 aromatic rings. The smallest absolute Gasteiger partial charge is 0.236 e. The zero-order valence-corrected chi connectivity index (χ0v) is 12.2. The minimum absolute atomic E-state index is 0.137. The molecule has 0 radical (unpaired) electrons. The van der Waals surface area contributed by atoms with Gasteiger partial charge < -0.3 is 14.7 Å². The van der Waals surface area contributed by atoms with Crippen molar-refractivity contribution in [3.63, 3.8) is 0 Å². The van der Waals surface area contributed by atoms with Crippen LogP contribution in [0, 0.1) is 6.92 Å². The van der Waals surface area contributed by atoms with Crippen LogP contribution in [0.4, 0.5) is 0 Å². The van der Waals surface area contributed by atoms with E-state index in [4.69, 9.17) is 4.52 Å². The molecule has 0 bridgehead atoms. The fourth-order valence-electron chi connectivity index (χ4n) is 2.37. The van der Waals surface area contributed by atoms with E-state index in [-0.39, 0.29) is 5.91 Å². The van der Waals surface area contributed by atoms with Gasteiger partial charge in [-0.15, -0.1) is 11.3 Å². The van der Waals surface area contributed by atoms with Gasteiger partial charge in [0.1, 0.15) is 0 Å². The lowest BCUT2D eigenvalue weighted by Crippen LogP contribution is -2.40. The van der Waals surface area contributed by atoms with E-state index >= 15 is 0 Å². The second-order valence-corrected chi connectivity index (χ2v) is 5.97. The van der Waals surface area contributed by atoms with Crippen molar-refractivity contribution < 1.29 is 9.32 Å². The van der Waals surface area contributed by atoms with Gasteiger partial charge in [-0.25, -0.2) is 0 Å². The number of hydrogen-bond donors (Lipinski definition) is 1. The second kappa shape index (κ2) is 5.76. The first kappa shape index (κ1) is 13.3. The van der Waals surface area contributed by atoms with Crippen LogP contribution in [0.3, 0.4) is 0 Å². The van der Waals surface area contributed by atoms with Crippen molar-refractivity contribution in [3.05, 3.63) is 39.4 Å². The first-order chi connectivity index (χ1) is 9.72. The lowest BCUT2D eigenvalue weighted by Gasteiger charge is -2.27. The molecule has 1 aliphatic heterocycles. The van der Waals surface area contributed by atoms with Crippen molar-refractivity contribution in [1.82, 2.24) is 15.4 Å². The number of aryl methyl sites for hydroxylation is 1. The van der Waals surface area contributed by atoms with E-state index in [9.17, 15) is 4.79 Å². The van der Waals surface area contributed by atoms with Gasteiger partial charge in [-0.3, -0.25) is 4.79 Å². The summed E-state index contributed by atoms with van der Waals surface area (Å²) in [4.78, 5) is 15.5.